The molecule has 1 fully saturated rings. The minimum Gasteiger partial charge on any atom is -0.365 e. The molecular weight excluding hydrogens is 574 g/mol. The van der Waals surface area contributed by atoms with E-state index in [2.05, 4.69) is 97.2 Å². The van der Waals surface area contributed by atoms with Crippen molar-refractivity contribution < 1.29 is 4.74 Å². The maximum atomic E-state index is 6.40. The van der Waals surface area contributed by atoms with E-state index in [1.807, 2.05) is 0 Å². The highest BCUT2D eigenvalue weighted by molar-refractivity contribution is 5.75. The van der Waals surface area contributed by atoms with E-state index in [-0.39, 0.29) is 18.1 Å². The van der Waals surface area contributed by atoms with Crippen molar-refractivity contribution in [1.82, 2.24) is 15.0 Å². The molecule has 2 heterocycles. The fourth-order valence-electron chi connectivity index (χ4n) is 9.27. The Morgan fingerprint density at radius 2 is 1.62 bits per heavy atom. The fraction of sp³-hybridized carbons (Fsp3) is 0.326. The minimum atomic E-state index is 0.120. The van der Waals surface area contributed by atoms with Crippen LogP contribution >= 0.6 is 0 Å². The second-order valence-corrected chi connectivity index (χ2v) is 14.3. The van der Waals surface area contributed by atoms with Crippen LogP contribution in [0.15, 0.2) is 118 Å². The van der Waals surface area contributed by atoms with Gasteiger partial charge in [-0.1, -0.05) is 91.1 Å². The molecule has 7 aliphatic carbocycles. The SMILES string of the molecule is C1=CCC2CCC3=C(CCC4=C3CCC(c3nc(C5=CCC6OC7C=CC=CC7C6=C5)nc(C5C=c6ccccc6=CC5)n3)=C4)C2=C1. The van der Waals surface area contributed by atoms with Gasteiger partial charge in [-0.15, -0.1) is 0 Å². The second-order valence-electron chi connectivity index (χ2n) is 14.3. The molecule has 0 saturated carbocycles. The van der Waals surface area contributed by atoms with Crippen LogP contribution in [0.4, 0.5) is 0 Å². The van der Waals surface area contributed by atoms with E-state index in [1.165, 1.54) is 46.4 Å². The van der Waals surface area contributed by atoms with Gasteiger partial charge >= 0.3 is 0 Å². The van der Waals surface area contributed by atoms with Gasteiger partial charge in [0.25, 0.3) is 0 Å². The van der Waals surface area contributed by atoms with Crippen molar-refractivity contribution in [1.29, 1.82) is 0 Å². The molecule has 1 aliphatic heterocycles. The second kappa shape index (κ2) is 11.1. The van der Waals surface area contributed by atoms with E-state index in [1.54, 1.807) is 22.3 Å². The summed E-state index contributed by atoms with van der Waals surface area (Å²) in [5.41, 5.74) is 11.8. The van der Waals surface area contributed by atoms with Gasteiger partial charge in [-0.3, -0.25) is 0 Å². The van der Waals surface area contributed by atoms with Crippen molar-refractivity contribution in [3.8, 4) is 0 Å². The van der Waals surface area contributed by atoms with E-state index in [0.717, 1.165) is 67.5 Å². The molecule has 4 heteroatoms. The molecule has 47 heavy (non-hydrogen) atoms. The normalized spacial score (nSPS) is 29.9. The fourth-order valence-corrected chi connectivity index (χ4v) is 9.27. The summed E-state index contributed by atoms with van der Waals surface area (Å²) in [5, 5.41) is 2.56. The van der Waals surface area contributed by atoms with Gasteiger partial charge in [-0.2, -0.15) is 0 Å². The Balaban J connectivity index is 1.06. The molecule has 0 amide bonds. The zero-order valence-electron chi connectivity index (χ0n) is 26.7. The molecule has 1 aromatic carbocycles. The van der Waals surface area contributed by atoms with Gasteiger partial charge in [0, 0.05) is 17.4 Å². The number of aromatic nitrogens is 3. The molecule has 1 saturated heterocycles. The van der Waals surface area contributed by atoms with Gasteiger partial charge in [0.1, 0.15) is 5.82 Å². The first kappa shape index (κ1) is 27.7. The molecule has 1 aromatic heterocycles. The molecule has 0 bridgehead atoms. The Hall–Kier alpha value is -4.41. The molecule has 8 aliphatic rings. The summed E-state index contributed by atoms with van der Waals surface area (Å²) < 4.78 is 6.40. The molecule has 232 valence electrons. The average molecular weight is 614 g/mol. The Kier molecular flexibility index (Phi) is 6.53. The van der Waals surface area contributed by atoms with E-state index in [4.69, 9.17) is 19.7 Å². The Labute approximate surface area is 276 Å². The number of ether oxygens (including phenoxy) is 1. The summed E-state index contributed by atoms with van der Waals surface area (Å²) in [6, 6.07) is 8.64. The number of fused-ring (bicyclic) bond motifs is 7. The predicted molar refractivity (Wildman–Crippen MR) is 188 cm³/mol. The Bertz CT molecular complexity index is 2130. The largest absolute Gasteiger partial charge is 0.365 e. The topological polar surface area (TPSA) is 47.9 Å². The molecule has 4 nitrogen and oxygen atoms in total. The van der Waals surface area contributed by atoms with E-state index in [0.29, 0.717) is 5.92 Å². The lowest BCUT2D eigenvalue weighted by Gasteiger charge is -2.37. The van der Waals surface area contributed by atoms with Crippen LogP contribution in [-0.2, 0) is 4.74 Å². The Morgan fingerprint density at radius 1 is 0.723 bits per heavy atom. The zero-order valence-corrected chi connectivity index (χ0v) is 26.7. The summed E-state index contributed by atoms with van der Waals surface area (Å²) >= 11 is 0. The van der Waals surface area contributed by atoms with Crippen LogP contribution < -0.4 is 10.4 Å². The third-order valence-corrected chi connectivity index (χ3v) is 11.7. The van der Waals surface area contributed by atoms with Crippen molar-refractivity contribution >= 4 is 23.3 Å². The van der Waals surface area contributed by atoms with Crippen LogP contribution in [0.3, 0.4) is 0 Å². The number of allylic oxidation sites excluding steroid dienone is 14. The van der Waals surface area contributed by atoms with Gasteiger partial charge < -0.3 is 4.74 Å². The maximum Gasteiger partial charge on any atom is 0.163 e. The van der Waals surface area contributed by atoms with E-state index >= 15 is 0 Å². The summed E-state index contributed by atoms with van der Waals surface area (Å²) in [5.74, 6) is 3.67. The number of rotatable bonds is 3. The number of hydrogen-bond donors (Lipinski definition) is 0. The van der Waals surface area contributed by atoms with Crippen LogP contribution in [0.1, 0.15) is 81.2 Å². The maximum absolute atomic E-state index is 6.40. The average Bonchev–Trinajstić information content (AvgIpc) is 3.52. The van der Waals surface area contributed by atoms with E-state index in [9.17, 15) is 0 Å². The number of hydrogen-bond acceptors (Lipinski definition) is 4. The standard InChI is InChI=1S/C43H39N3O/c1-2-9-28-23-30(14-13-26(28)7-1)41-44-42(46-43(45-41)32-18-22-40-38(25-32)37-11-5-6-12-39(37)47-40)31-17-19-34-29(24-31)16-21-35-33-10-4-3-8-27(33)15-20-36(34)35/h1-7,9-13,18,23-25,27,30,37,39-40H,8,14-17,19-22H2. The lowest BCUT2D eigenvalue weighted by Crippen LogP contribution is -2.28. The van der Waals surface area contributed by atoms with Gasteiger partial charge in [0.2, 0.25) is 0 Å². The van der Waals surface area contributed by atoms with Crippen LogP contribution in [0, 0.1) is 11.8 Å². The predicted octanol–water partition coefficient (Wildman–Crippen LogP) is 7.70. The summed E-state index contributed by atoms with van der Waals surface area (Å²) in [4.78, 5) is 15.8. The van der Waals surface area contributed by atoms with E-state index < -0.39 is 0 Å². The summed E-state index contributed by atoms with van der Waals surface area (Å²) in [6.45, 7) is 0. The smallest absolute Gasteiger partial charge is 0.163 e. The van der Waals surface area contributed by atoms with Crippen molar-refractivity contribution in [2.75, 3.05) is 0 Å². The lowest BCUT2D eigenvalue weighted by atomic mass is 9.68. The highest BCUT2D eigenvalue weighted by Gasteiger charge is 2.39. The molecule has 5 unspecified atom stereocenters. The molecular formula is C43H39N3O. The first-order chi connectivity index (χ1) is 23.2. The zero-order chi connectivity index (χ0) is 30.9. The van der Waals surface area contributed by atoms with Crippen molar-refractivity contribution in [2.45, 2.75) is 75.9 Å². The van der Waals surface area contributed by atoms with Crippen molar-refractivity contribution in [2.24, 2.45) is 11.8 Å². The number of benzene rings is 1. The molecule has 10 rings (SSSR count). The van der Waals surface area contributed by atoms with Gasteiger partial charge in [0.15, 0.2) is 11.6 Å². The van der Waals surface area contributed by atoms with Crippen molar-refractivity contribution in [3.63, 3.8) is 0 Å². The quantitative estimate of drug-likeness (QED) is 0.356. The summed E-state index contributed by atoms with van der Waals surface area (Å²) in [7, 11) is 0. The van der Waals surface area contributed by atoms with Crippen LogP contribution in [0.5, 0.6) is 0 Å². The monoisotopic (exact) mass is 613 g/mol. The molecule has 0 N–H and O–H groups in total. The van der Waals surface area contributed by atoms with Gasteiger partial charge in [-0.05, 0) is 119 Å². The lowest BCUT2D eigenvalue weighted by molar-refractivity contribution is 0.0740. The van der Waals surface area contributed by atoms with Crippen molar-refractivity contribution in [3.05, 3.63) is 146 Å². The third kappa shape index (κ3) is 4.71. The highest BCUT2D eigenvalue weighted by Crippen LogP contribution is 2.49. The molecule has 5 atom stereocenters. The summed E-state index contributed by atoms with van der Waals surface area (Å²) in [6.07, 6.45) is 37.5. The molecule has 0 spiro atoms. The minimum absolute atomic E-state index is 0.120. The number of nitrogens with zero attached hydrogens (tertiary/aromatic N) is 3. The van der Waals surface area contributed by atoms with Crippen LogP contribution in [0.25, 0.3) is 23.3 Å². The van der Waals surface area contributed by atoms with Crippen LogP contribution in [0.2, 0.25) is 0 Å². The molecule has 2 aromatic rings. The first-order valence-electron chi connectivity index (χ1n) is 17.7. The first-order valence-corrected chi connectivity index (χ1v) is 17.7. The van der Waals surface area contributed by atoms with Gasteiger partial charge in [-0.25, -0.2) is 15.0 Å². The highest BCUT2D eigenvalue weighted by atomic mass is 16.5. The van der Waals surface area contributed by atoms with Crippen LogP contribution in [-0.4, -0.2) is 27.2 Å². The Morgan fingerprint density at radius 3 is 2.60 bits per heavy atom. The molecule has 0 radical (unpaired) electrons. The third-order valence-electron chi connectivity index (χ3n) is 11.7. The van der Waals surface area contributed by atoms with Gasteiger partial charge in [0.05, 0.1) is 12.2 Å².